The van der Waals surface area contributed by atoms with Crippen LogP contribution in [0.15, 0.2) is 24.3 Å². The van der Waals surface area contributed by atoms with Crippen LogP contribution in [0.25, 0.3) is 0 Å². The molecule has 0 radical (unpaired) electrons. The van der Waals surface area contributed by atoms with Crippen LogP contribution in [-0.2, 0) is 4.79 Å². The summed E-state index contributed by atoms with van der Waals surface area (Å²) in [6.07, 6.45) is 4.56. The minimum atomic E-state index is -0.371. The molecule has 28 heavy (non-hydrogen) atoms. The topological polar surface area (TPSA) is 55.9 Å². The Balaban J connectivity index is 1.48. The molecule has 0 unspecified atom stereocenters. The van der Waals surface area contributed by atoms with Crippen molar-refractivity contribution < 1.29 is 14.0 Å². The van der Waals surface area contributed by atoms with Crippen molar-refractivity contribution in [2.24, 2.45) is 5.41 Å². The van der Waals surface area contributed by atoms with Crippen molar-refractivity contribution in [1.82, 2.24) is 14.7 Å². The first-order valence-corrected chi connectivity index (χ1v) is 10.3. The highest BCUT2D eigenvalue weighted by atomic mass is 19.1. The maximum atomic E-state index is 13.4. The van der Waals surface area contributed by atoms with Gasteiger partial charge in [0, 0.05) is 37.9 Å². The number of hydrogen-bond donors (Lipinski definition) is 1. The van der Waals surface area contributed by atoms with Gasteiger partial charge in [0.1, 0.15) is 5.82 Å². The second-order valence-corrected chi connectivity index (χ2v) is 8.36. The van der Waals surface area contributed by atoms with Gasteiger partial charge in [-0.2, -0.15) is 0 Å². The van der Waals surface area contributed by atoms with Gasteiger partial charge >= 0.3 is 6.03 Å². The minimum absolute atomic E-state index is 0.182. The van der Waals surface area contributed by atoms with Crippen molar-refractivity contribution in [2.45, 2.75) is 38.1 Å². The maximum Gasteiger partial charge on any atom is 0.321 e. The molecule has 7 heteroatoms. The Morgan fingerprint density at radius 1 is 1.00 bits per heavy atom. The van der Waals surface area contributed by atoms with Gasteiger partial charge in [0.05, 0.1) is 5.41 Å². The monoisotopic (exact) mass is 388 g/mol. The summed E-state index contributed by atoms with van der Waals surface area (Å²) in [5.41, 5.74) is 0.208. The van der Waals surface area contributed by atoms with Crippen LogP contribution < -0.4 is 5.32 Å². The second-order valence-electron chi connectivity index (χ2n) is 8.36. The van der Waals surface area contributed by atoms with E-state index < -0.39 is 0 Å². The van der Waals surface area contributed by atoms with Crippen LogP contribution in [0, 0.1) is 11.2 Å². The summed E-state index contributed by atoms with van der Waals surface area (Å²) in [5, 5.41) is 2.85. The normalized spacial score (nSPS) is 28.1. The summed E-state index contributed by atoms with van der Waals surface area (Å²) >= 11 is 0. The SMILES string of the molecule is CN1CC[C@]2(C(=O)N3CCCC3)CCN(C(=O)Nc3ccc(F)cc3)CC[C@H]12. The zero-order valence-corrected chi connectivity index (χ0v) is 16.5. The van der Waals surface area contributed by atoms with Gasteiger partial charge in [-0.15, -0.1) is 0 Å². The van der Waals surface area contributed by atoms with Gasteiger partial charge in [-0.25, -0.2) is 9.18 Å². The summed E-state index contributed by atoms with van der Waals surface area (Å²) in [6, 6.07) is 5.79. The first kappa shape index (κ1) is 19.2. The molecule has 1 N–H and O–H groups in total. The third-order valence-electron chi connectivity index (χ3n) is 6.78. The van der Waals surface area contributed by atoms with Crippen LogP contribution >= 0.6 is 0 Å². The average Bonchev–Trinajstić information content (AvgIpc) is 3.28. The molecule has 152 valence electrons. The van der Waals surface area contributed by atoms with Crippen molar-refractivity contribution in [2.75, 3.05) is 45.1 Å². The number of carbonyl (C=O) groups excluding carboxylic acids is 2. The third kappa shape index (κ3) is 3.48. The molecular formula is C21H29FN4O2. The quantitative estimate of drug-likeness (QED) is 0.848. The largest absolute Gasteiger partial charge is 0.342 e. The Hall–Kier alpha value is -2.15. The molecule has 3 aliphatic heterocycles. The van der Waals surface area contributed by atoms with Gasteiger partial charge in [-0.05, 0) is 70.0 Å². The third-order valence-corrected chi connectivity index (χ3v) is 6.78. The highest BCUT2D eigenvalue weighted by Crippen LogP contribution is 2.45. The number of amides is 3. The maximum absolute atomic E-state index is 13.4. The zero-order chi connectivity index (χ0) is 19.7. The molecular weight excluding hydrogens is 359 g/mol. The zero-order valence-electron chi connectivity index (χ0n) is 16.5. The van der Waals surface area contributed by atoms with Crippen molar-refractivity contribution in [1.29, 1.82) is 0 Å². The van der Waals surface area contributed by atoms with Crippen LogP contribution in [0.1, 0.15) is 32.1 Å². The first-order chi connectivity index (χ1) is 13.5. The molecule has 1 aromatic rings. The number of halogens is 1. The molecule has 2 atom stereocenters. The average molecular weight is 388 g/mol. The fourth-order valence-electron chi connectivity index (χ4n) is 5.16. The molecule has 0 bridgehead atoms. The van der Waals surface area contributed by atoms with E-state index in [0.29, 0.717) is 31.1 Å². The van der Waals surface area contributed by atoms with Gasteiger partial charge < -0.3 is 20.0 Å². The Bertz CT molecular complexity index is 734. The highest BCUT2D eigenvalue weighted by Gasteiger charge is 2.54. The van der Waals surface area contributed by atoms with E-state index in [1.54, 1.807) is 17.0 Å². The molecule has 0 saturated carbocycles. The van der Waals surface area contributed by atoms with E-state index in [2.05, 4.69) is 17.3 Å². The van der Waals surface area contributed by atoms with Crippen LogP contribution in [0.3, 0.4) is 0 Å². The number of benzene rings is 1. The van der Waals surface area contributed by atoms with Gasteiger partial charge in [0.15, 0.2) is 0 Å². The van der Waals surface area contributed by atoms with Crippen molar-refractivity contribution in [3.63, 3.8) is 0 Å². The number of hydrogen-bond acceptors (Lipinski definition) is 3. The summed E-state index contributed by atoms with van der Waals surface area (Å²) in [4.78, 5) is 32.3. The Kier molecular flexibility index (Phi) is 5.27. The van der Waals surface area contributed by atoms with E-state index in [1.165, 1.54) is 12.1 Å². The van der Waals surface area contributed by atoms with Gasteiger partial charge in [-0.1, -0.05) is 0 Å². The number of carbonyl (C=O) groups is 2. The van der Waals surface area contributed by atoms with Crippen LogP contribution in [0.5, 0.6) is 0 Å². The lowest BCUT2D eigenvalue weighted by Crippen LogP contribution is -2.49. The lowest BCUT2D eigenvalue weighted by molar-refractivity contribution is -0.142. The highest BCUT2D eigenvalue weighted by molar-refractivity contribution is 5.89. The smallest absolute Gasteiger partial charge is 0.321 e. The number of rotatable bonds is 2. The van der Waals surface area contributed by atoms with E-state index >= 15 is 0 Å². The number of fused-ring (bicyclic) bond motifs is 1. The summed E-state index contributed by atoms with van der Waals surface area (Å²) in [7, 11) is 2.10. The Labute approximate surface area is 165 Å². The van der Waals surface area contributed by atoms with E-state index in [1.807, 2.05) is 4.90 Å². The first-order valence-electron chi connectivity index (χ1n) is 10.3. The Morgan fingerprint density at radius 3 is 2.39 bits per heavy atom. The molecule has 6 nitrogen and oxygen atoms in total. The van der Waals surface area contributed by atoms with E-state index in [9.17, 15) is 14.0 Å². The molecule has 3 fully saturated rings. The molecule has 0 spiro atoms. The van der Waals surface area contributed by atoms with E-state index in [4.69, 9.17) is 0 Å². The Morgan fingerprint density at radius 2 is 1.68 bits per heavy atom. The fourth-order valence-corrected chi connectivity index (χ4v) is 5.16. The molecule has 0 aromatic heterocycles. The second kappa shape index (κ2) is 7.70. The lowest BCUT2D eigenvalue weighted by atomic mass is 9.75. The summed E-state index contributed by atoms with van der Waals surface area (Å²) in [5.74, 6) is -0.0360. The molecule has 3 aliphatic rings. The van der Waals surface area contributed by atoms with E-state index in [-0.39, 0.29) is 23.3 Å². The minimum Gasteiger partial charge on any atom is -0.342 e. The van der Waals surface area contributed by atoms with Crippen LogP contribution in [-0.4, -0.2) is 72.5 Å². The fraction of sp³-hybridized carbons (Fsp3) is 0.619. The van der Waals surface area contributed by atoms with Crippen molar-refractivity contribution in [3.8, 4) is 0 Å². The number of likely N-dealkylation sites (tertiary alicyclic amines) is 3. The molecule has 4 rings (SSSR count). The van der Waals surface area contributed by atoms with Gasteiger partial charge in [-0.3, -0.25) is 4.79 Å². The number of urea groups is 1. The van der Waals surface area contributed by atoms with E-state index in [0.717, 1.165) is 45.3 Å². The predicted octanol–water partition coefficient (Wildman–Crippen LogP) is 2.77. The number of anilines is 1. The summed E-state index contributed by atoms with van der Waals surface area (Å²) in [6.45, 7) is 3.86. The van der Waals surface area contributed by atoms with Crippen LogP contribution in [0.2, 0.25) is 0 Å². The molecule has 3 amide bonds. The van der Waals surface area contributed by atoms with Crippen LogP contribution in [0.4, 0.5) is 14.9 Å². The molecule has 1 aromatic carbocycles. The van der Waals surface area contributed by atoms with Gasteiger partial charge in [0.2, 0.25) is 5.91 Å². The lowest BCUT2D eigenvalue weighted by Gasteiger charge is -2.37. The number of nitrogens with zero attached hydrogens (tertiary/aromatic N) is 3. The summed E-state index contributed by atoms with van der Waals surface area (Å²) < 4.78 is 13.1. The number of nitrogens with one attached hydrogen (secondary N) is 1. The van der Waals surface area contributed by atoms with Gasteiger partial charge in [0.25, 0.3) is 0 Å². The predicted molar refractivity (Wildman–Crippen MR) is 106 cm³/mol. The van der Waals surface area contributed by atoms with Crippen molar-refractivity contribution in [3.05, 3.63) is 30.1 Å². The molecule has 3 saturated heterocycles. The molecule has 3 heterocycles. The van der Waals surface area contributed by atoms with Crippen molar-refractivity contribution >= 4 is 17.6 Å². The molecule has 0 aliphatic carbocycles. The standard InChI is InChI=1S/C21H29FN4O2/c1-24-14-9-21(19(27)25-11-2-3-12-25)10-15-26(13-8-18(21)24)20(28)23-17-6-4-16(22)5-7-17/h4-7,18H,2-3,8-15H2,1H3,(H,23,28)/t18-,21-/m0/s1.